The number of nitrogens with one attached hydrogen (secondary N) is 1. The van der Waals surface area contributed by atoms with Gasteiger partial charge in [-0.15, -0.1) is 0 Å². The Kier molecular flexibility index (Phi) is 11.5. The molecule has 9 nitrogen and oxygen atoms in total. The van der Waals surface area contributed by atoms with Crippen molar-refractivity contribution in [2.75, 3.05) is 35.9 Å². The molecule has 4 rings (SSSR count). The largest absolute Gasteiger partial charge is 0.464 e. The number of sulfonamides is 1. The SMILES string of the molecule is CCCCOC(=O)CN(c1ccc2c(ccn2-c2ccc(NCCO[Si](C)(C)C(C)(C)C)cn2)c1)S(=O)(=O)c1cc(Cl)cc(Cl)c1. The quantitative estimate of drug-likeness (QED) is 0.0800. The number of halogens is 2. The lowest BCUT2D eigenvalue weighted by Gasteiger charge is -2.36. The van der Waals surface area contributed by atoms with Gasteiger partial charge in [-0.2, -0.15) is 0 Å². The van der Waals surface area contributed by atoms with E-state index in [9.17, 15) is 13.2 Å². The summed E-state index contributed by atoms with van der Waals surface area (Å²) in [5, 5.41) is 4.62. The number of hydrogen-bond acceptors (Lipinski definition) is 7. The molecule has 4 aromatic rings. The summed E-state index contributed by atoms with van der Waals surface area (Å²) < 4.78 is 42.2. The molecule has 2 heterocycles. The van der Waals surface area contributed by atoms with Gasteiger partial charge < -0.3 is 19.0 Å². The molecule has 0 aliphatic rings. The van der Waals surface area contributed by atoms with Crippen molar-refractivity contribution in [3.05, 3.63) is 77.0 Å². The molecule has 0 amide bonds. The second-order valence-corrected chi connectivity index (χ2v) is 20.1. The first-order valence-electron chi connectivity index (χ1n) is 15.2. The summed E-state index contributed by atoms with van der Waals surface area (Å²) in [4.78, 5) is 17.3. The summed E-state index contributed by atoms with van der Waals surface area (Å²) in [7, 11) is -6.04. The van der Waals surface area contributed by atoms with E-state index in [0.717, 1.165) is 27.3 Å². The molecule has 13 heteroatoms. The number of fused-ring (bicyclic) bond motifs is 1. The number of esters is 1. The van der Waals surface area contributed by atoms with Crippen LogP contribution >= 0.6 is 23.2 Å². The zero-order valence-corrected chi connectivity index (χ0v) is 30.5. The fraction of sp³-hybridized carbons (Fsp3) is 0.394. The first-order valence-corrected chi connectivity index (χ1v) is 20.3. The standard InChI is InChI=1S/C33H42Cl2N4O5SSi/c1-7-8-16-43-32(40)23-39(45(41,42)29-20-25(34)19-26(35)21-29)28-10-11-30-24(18-28)13-15-38(30)31-12-9-27(22-37-31)36-14-17-44-46(5,6)33(2,3)4/h9-13,15,18-22,36H,7-8,14,16-17,23H2,1-6H3. The van der Waals surface area contributed by atoms with Crippen LogP contribution in [0.15, 0.2) is 71.9 Å². The van der Waals surface area contributed by atoms with Crippen molar-refractivity contribution in [3.8, 4) is 5.82 Å². The third-order valence-electron chi connectivity index (χ3n) is 8.11. The van der Waals surface area contributed by atoms with E-state index in [0.29, 0.717) is 31.1 Å². The Bertz CT molecular complexity index is 1750. The maximum atomic E-state index is 13.9. The van der Waals surface area contributed by atoms with Gasteiger partial charge >= 0.3 is 5.97 Å². The number of unbranched alkanes of at least 4 members (excludes halogenated alkanes) is 1. The summed E-state index contributed by atoms with van der Waals surface area (Å²) in [6.45, 7) is 14.1. The van der Waals surface area contributed by atoms with Crippen LogP contribution < -0.4 is 9.62 Å². The number of pyridine rings is 1. The molecule has 0 fully saturated rings. The van der Waals surface area contributed by atoms with Crippen molar-refractivity contribution in [1.82, 2.24) is 9.55 Å². The molecule has 46 heavy (non-hydrogen) atoms. The number of hydrogen-bond donors (Lipinski definition) is 1. The monoisotopic (exact) mass is 704 g/mol. The minimum Gasteiger partial charge on any atom is -0.464 e. The molecule has 0 atom stereocenters. The van der Waals surface area contributed by atoms with Gasteiger partial charge in [-0.3, -0.25) is 9.10 Å². The number of nitrogens with zero attached hydrogens (tertiary/aromatic N) is 3. The van der Waals surface area contributed by atoms with Crippen LogP contribution in [-0.4, -0.2) is 58.6 Å². The Labute approximate surface area is 283 Å². The van der Waals surface area contributed by atoms with Gasteiger partial charge in [-0.05, 0) is 79.2 Å². The zero-order chi connectivity index (χ0) is 33.7. The van der Waals surface area contributed by atoms with Gasteiger partial charge in [0.05, 0.1) is 41.2 Å². The van der Waals surface area contributed by atoms with Crippen molar-refractivity contribution in [1.29, 1.82) is 0 Å². The highest BCUT2D eigenvalue weighted by Crippen LogP contribution is 2.36. The predicted octanol–water partition coefficient (Wildman–Crippen LogP) is 8.30. The molecule has 0 aliphatic heterocycles. The number of carbonyl (C=O) groups excluding carboxylic acids is 1. The maximum Gasteiger partial charge on any atom is 0.326 e. The van der Waals surface area contributed by atoms with Crippen LogP contribution in [0.3, 0.4) is 0 Å². The molecule has 2 aromatic carbocycles. The van der Waals surface area contributed by atoms with Crippen LogP contribution in [0.1, 0.15) is 40.5 Å². The Morgan fingerprint density at radius 3 is 2.37 bits per heavy atom. The van der Waals surface area contributed by atoms with Crippen LogP contribution in [-0.2, 0) is 24.0 Å². The third-order valence-corrected chi connectivity index (χ3v) is 14.8. The summed E-state index contributed by atoms with van der Waals surface area (Å²) in [5.41, 5.74) is 1.99. The van der Waals surface area contributed by atoms with E-state index in [1.807, 2.05) is 35.9 Å². The van der Waals surface area contributed by atoms with Crippen molar-refractivity contribution in [2.45, 2.75) is 63.6 Å². The van der Waals surface area contributed by atoms with E-state index in [1.165, 1.54) is 18.2 Å². The smallest absolute Gasteiger partial charge is 0.326 e. The summed E-state index contributed by atoms with van der Waals surface area (Å²) >= 11 is 12.3. The number of rotatable bonds is 14. The second-order valence-electron chi connectivity index (χ2n) is 12.6. The first kappa shape index (κ1) is 35.8. The number of aromatic nitrogens is 2. The molecular formula is C33H42Cl2N4O5SSi. The lowest BCUT2D eigenvalue weighted by atomic mass is 10.2. The second kappa shape index (κ2) is 14.8. The first-order chi connectivity index (χ1) is 21.6. The third kappa shape index (κ3) is 8.63. The Balaban J connectivity index is 1.56. The summed E-state index contributed by atoms with van der Waals surface area (Å²) in [6.07, 6.45) is 5.16. The van der Waals surface area contributed by atoms with E-state index in [2.05, 4.69) is 44.2 Å². The molecule has 0 aliphatic carbocycles. The van der Waals surface area contributed by atoms with Crippen molar-refractivity contribution >= 4 is 69.8 Å². The molecular weight excluding hydrogens is 663 g/mol. The van der Waals surface area contributed by atoms with Crippen molar-refractivity contribution < 1.29 is 22.4 Å². The van der Waals surface area contributed by atoms with Gasteiger partial charge in [0.2, 0.25) is 0 Å². The molecule has 0 saturated carbocycles. The summed E-state index contributed by atoms with van der Waals surface area (Å²) in [6, 6.07) is 15.0. The Hall–Kier alpha value is -3.09. The fourth-order valence-electron chi connectivity index (χ4n) is 4.45. The van der Waals surface area contributed by atoms with Crippen molar-refractivity contribution in [2.24, 2.45) is 0 Å². The van der Waals surface area contributed by atoms with Gasteiger partial charge in [-0.25, -0.2) is 13.4 Å². The summed E-state index contributed by atoms with van der Waals surface area (Å²) in [5.74, 6) is 0.0376. The topological polar surface area (TPSA) is 103 Å². The predicted molar refractivity (Wildman–Crippen MR) is 190 cm³/mol. The number of benzene rings is 2. The highest BCUT2D eigenvalue weighted by molar-refractivity contribution is 7.92. The zero-order valence-electron chi connectivity index (χ0n) is 27.1. The molecule has 0 radical (unpaired) electrons. The van der Waals surface area contributed by atoms with Crippen LogP contribution in [0.2, 0.25) is 28.2 Å². The van der Waals surface area contributed by atoms with Gasteiger partial charge in [0.15, 0.2) is 8.32 Å². The Morgan fingerprint density at radius 1 is 1.02 bits per heavy atom. The lowest BCUT2D eigenvalue weighted by Crippen LogP contribution is -2.41. The van der Waals surface area contributed by atoms with Crippen LogP contribution in [0.5, 0.6) is 0 Å². The molecule has 248 valence electrons. The number of anilines is 2. The van der Waals surface area contributed by atoms with Crippen LogP contribution in [0, 0.1) is 0 Å². The van der Waals surface area contributed by atoms with Crippen molar-refractivity contribution in [3.63, 3.8) is 0 Å². The number of carbonyl (C=O) groups is 1. The Morgan fingerprint density at radius 2 is 1.74 bits per heavy atom. The molecule has 0 saturated heterocycles. The molecule has 1 N–H and O–H groups in total. The number of ether oxygens (including phenoxy) is 1. The minimum absolute atomic E-state index is 0.131. The van der Waals surface area contributed by atoms with E-state index < -0.39 is 30.9 Å². The van der Waals surface area contributed by atoms with Gasteiger partial charge in [0, 0.05) is 28.2 Å². The molecule has 0 spiro atoms. The normalized spacial score (nSPS) is 12.3. The fourth-order valence-corrected chi connectivity index (χ4v) is 7.62. The van der Waals surface area contributed by atoms with Gasteiger partial charge in [-0.1, -0.05) is 57.3 Å². The van der Waals surface area contributed by atoms with Gasteiger partial charge in [0.25, 0.3) is 10.0 Å². The molecule has 2 aromatic heterocycles. The van der Waals surface area contributed by atoms with E-state index >= 15 is 0 Å². The highest BCUT2D eigenvalue weighted by Gasteiger charge is 2.36. The average Bonchev–Trinajstić information content (AvgIpc) is 3.41. The highest BCUT2D eigenvalue weighted by atomic mass is 35.5. The molecule has 0 unspecified atom stereocenters. The average molecular weight is 706 g/mol. The van der Waals surface area contributed by atoms with Crippen LogP contribution in [0.4, 0.5) is 11.4 Å². The lowest BCUT2D eigenvalue weighted by molar-refractivity contribution is -0.141. The van der Waals surface area contributed by atoms with E-state index in [1.54, 1.807) is 24.4 Å². The van der Waals surface area contributed by atoms with Crippen LogP contribution in [0.25, 0.3) is 16.7 Å². The molecule has 0 bridgehead atoms. The van der Waals surface area contributed by atoms with Gasteiger partial charge in [0.1, 0.15) is 12.4 Å². The minimum atomic E-state index is -4.24. The van der Waals surface area contributed by atoms with E-state index in [-0.39, 0.29) is 26.6 Å². The van der Waals surface area contributed by atoms with E-state index in [4.69, 9.17) is 32.4 Å². The maximum absolute atomic E-state index is 13.9.